The van der Waals surface area contributed by atoms with E-state index in [9.17, 15) is 4.79 Å². The van der Waals surface area contributed by atoms with Gasteiger partial charge in [0.2, 0.25) is 6.41 Å². The minimum Gasteiger partial charge on any atom is -0.359 e. The molecule has 1 aliphatic heterocycles. The molecular formula is C37H44N4O. The van der Waals surface area contributed by atoms with E-state index in [4.69, 9.17) is 0 Å². The van der Waals surface area contributed by atoms with Gasteiger partial charge in [-0.3, -0.25) is 4.79 Å². The number of benzene rings is 3. The van der Waals surface area contributed by atoms with Crippen molar-refractivity contribution in [3.05, 3.63) is 138 Å². The lowest BCUT2D eigenvalue weighted by Crippen LogP contribution is -2.39. The standard InChI is InChI=1S/C37H44N4O/c1-27-15-20-34(21-16-27)37(40-38-26-42)36(33-13-9-6-10-14-33)24-19-32-17-22-35(23-18-32)39-28(2)12-8-7-11-25-41-30(4)29(3)31(41)5/h6,9-10,13-18,20-23,26,29,36,39H,2,4-5,7-8,11-12,19,24-25H2,1,3H3,(H,38,42)/b40-37-. The molecule has 42 heavy (non-hydrogen) atoms. The highest BCUT2D eigenvalue weighted by Gasteiger charge is 2.30. The van der Waals surface area contributed by atoms with Crippen LogP contribution in [0.3, 0.4) is 0 Å². The topological polar surface area (TPSA) is 56.7 Å². The Labute approximate surface area is 251 Å². The number of allylic oxidation sites excluding steroid dienone is 1. The van der Waals surface area contributed by atoms with E-state index in [0.717, 1.165) is 67.7 Å². The lowest BCUT2D eigenvalue weighted by Gasteiger charge is -2.44. The first-order chi connectivity index (χ1) is 20.4. The fraction of sp³-hybridized carbons (Fsp3) is 0.297. The first-order valence-corrected chi connectivity index (χ1v) is 14.9. The Morgan fingerprint density at radius 2 is 1.64 bits per heavy atom. The van der Waals surface area contributed by atoms with Gasteiger partial charge in [0.05, 0.1) is 5.71 Å². The Bertz CT molecular complexity index is 1370. The number of hydrogen-bond acceptors (Lipinski definition) is 4. The summed E-state index contributed by atoms with van der Waals surface area (Å²) in [7, 11) is 0. The van der Waals surface area contributed by atoms with Gasteiger partial charge < -0.3 is 10.2 Å². The van der Waals surface area contributed by atoms with E-state index in [0.29, 0.717) is 12.3 Å². The van der Waals surface area contributed by atoms with Crippen LogP contribution < -0.4 is 10.7 Å². The van der Waals surface area contributed by atoms with Gasteiger partial charge in [0, 0.05) is 41.2 Å². The van der Waals surface area contributed by atoms with Crippen molar-refractivity contribution in [1.29, 1.82) is 0 Å². The van der Waals surface area contributed by atoms with Crippen molar-refractivity contribution in [1.82, 2.24) is 10.3 Å². The number of carbonyl (C=O) groups excluding carboxylic acids is 1. The highest BCUT2D eigenvalue weighted by Crippen LogP contribution is 2.37. The van der Waals surface area contributed by atoms with Crippen molar-refractivity contribution in [3.63, 3.8) is 0 Å². The van der Waals surface area contributed by atoms with E-state index >= 15 is 0 Å². The molecule has 1 aliphatic rings. The molecule has 0 bridgehead atoms. The monoisotopic (exact) mass is 560 g/mol. The third-order valence-electron chi connectivity index (χ3n) is 8.17. The summed E-state index contributed by atoms with van der Waals surface area (Å²) < 4.78 is 0. The molecule has 0 aliphatic carbocycles. The molecule has 3 aromatic carbocycles. The summed E-state index contributed by atoms with van der Waals surface area (Å²) in [6.45, 7) is 17.8. The van der Waals surface area contributed by atoms with Gasteiger partial charge in [0.1, 0.15) is 0 Å². The minimum absolute atomic E-state index is 0.0274. The maximum absolute atomic E-state index is 11.2. The number of hydrazone groups is 1. The molecular weight excluding hydrogens is 516 g/mol. The molecule has 1 fully saturated rings. The van der Waals surface area contributed by atoms with Crippen molar-refractivity contribution in [2.24, 2.45) is 11.0 Å². The highest BCUT2D eigenvalue weighted by atomic mass is 16.1. The van der Waals surface area contributed by atoms with Gasteiger partial charge in [0.15, 0.2) is 0 Å². The second-order valence-electron chi connectivity index (χ2n) is 11.2. The Balaban J connectivity index is 1.31. The van der Waals surface area contributed by atoms with Gasteiger partial charge in [0.25, 0.3) is 0 Å². The zero-order chi connectivity index (χ0) is 29.9. The number of nitrogens with one attached hydrogen (secondary N) is 2. The van der Waals surface area contributed by atoms with Crippen molar-refractivity contribution >= 4 is 17.8 Å². The molecule has 5 nitrogen and oxygen atoms in total. The molecule has 0 spiro atoms. The zero-order valence-electron chi connectivity index (χ0n) is 25.1. The summed E-state index contributed by atoms with van der Waals surface area (Å²) in [4.78, 5) is 13.4. The predicted octanol–water partition coefficient (Wildman–Crippen LogP) is 8.33. The van der Waals surface area contributed by atoms with Crippen molar-refractivity contribution < 1.29 is 4.79 Å². The van der Waals surface area contributed by atoms with Gasteiger partial charge in [-0.2, -0.15) is 5.10 Å². The number of rotatable bonds is 16. The van der Waals surface area contributed by atoms with Crippen molar-refractivity contribution in [3.8, 4) is 0 Å². The number of amides is 1. The number of hydrogen-bond donors (Lipinski definition) is 2. The normalized spacial score (nSPS) is 14.3. The number of nitrogens with zero attached hydrogens (tertiary/aromatic N) is 2. The molecule has 1 amide bonds. The van der Waals surface area contributed by atoms with E-state index < -0.39 is 0 Å². The summed E-state index contributed by atoms with van der Waals surface area (Å²) in [6, 6.07) is 27.3. The van der Waals surface area contributed by atoms with Crippen LogP contribution >= 0.6 is 0 Å². The van der Waals surface area contributed by atoms with Crippen LogP contribution in [-0.4, -0.2) is 23.6 Å². The Hall–Kier alpha value is -4.38. The summed E-state index contributed by atoms with van der Waals surface area (Å²) in [5, 5.41) is 7.98. The SMILES string of the molecule is C=C(CCCCCN1C(=C)C(C)C1=C)Nc1ccc(CCC(/C(=N\NC=O)c2ccc(C)cc2)c2ccccc2)cc1. The Morgan fingerprint density at radius 1 is 0.952 bits per heavy atom. The maximum atomic E-state index is 11.2. The number of anilines is 1. The average Bonchev–Trinajstić information content (AvgIpc) is 3.01. The van der Waals surface area contributed by atoms with E-state index in [1.54, 1.807) is 0 Å². The second kappa shape index (κ2) is 15.0. The number of carbonyl (C=O) groups is 1. The number of aryl methyl sites for hydroxylation is 2. The zero-order valence-corrected chi connectivity index (χ0v) is 25.1. The molecule has 0 saturated carbocycles. The van der Waals surface area contributed by atoms with Gasteiger partial charge in [-0.05, 0) is 67.9 Å². The molecule has 0 radical (unpaired) electrons. The molecule has 1 saturated heterocycles. The second-order valence-corrected chi connectivity index (χ2v) is 11.2. The van der Waals surface area contributed by atoms with Crippen LogP contribution in [-0.2, 0) is 11.2 Å². The Morgan fingerprint density at radius 3 is 2.31 bits per heavy atom. The summed E-state index contributed by atoms with van der Waals surface area (Å²) >= 11 is 0. The van der Waals surface area contributed by atoms with E-state index in [2.05, 4.69) is 127 Å². The van der Waals surface area contributed by atoms with Crippen LogP contribution in [0.4, 0.5) is 5.69 Å². The summed E-state index contributed by atoms with van der Waals surface area (Å²) in [6.07, 6.45) is 6.71. The largest absolute Gasteiger partial charge is 0.359 e. The number of unbranched alkanes of at least 4 members (excludes halogenated alkanes) is 2. The maximum Gasteiger partial charge on any atom is 0.227 e. The van der Waals surface area contributed by atoms with Crippen LogP contribution in [0, 0.1) is 12.8 Å². The summed E-state index contributed by atoms with van der Waals surface area (Å²) in [5.41, 5.74) is 12.5. The molecule has 1 heterocycles. The first kappa shape index (κ1) is 30.6. The molecule has 3 aromatic rings. The van der Waals surface area contributed by atoms with Crippen molar-refractivity contribution in [2.75, 3.05) is 11.9 Å². The molecule has 218 valence electrons. The van der Waals surface area contributed by atoms with Crippen LogP contribution in [0.2, 0.25) is 0 Å². The molecule has 4 rings (SSSR count). The third kappa shape index (κ3) is 8.10. The minimum atomic E-state index is 0.0274. The molecule has 1 atom stereocenters. The predicted molar refractivity (Wildman–Crippen MR) is 176 cm³/mol. The molecule has 1 unspecified atom stereocenters. The van der Waals surface area contributed by atoms with Gasteiger partial charge >= 0.3 is 0 Å². The fourth-order valence-corrected chi connectivity index (χ4v) is 5.49. The third-order valence-corrected chi connectivity index (χ3v) is 8.17. The first-order valence-electron chi connectivity index (χ1n) is 14.9. The van der Waals surface area contributed by atoms with Crippen LogP contribution in [0.25, 0.3) is 0 Å². The highest BCUT2D eigenvalue weighted by molar-refractivity contribution is 6.05. The lowest BCUT2D eigenvalue weighted by molar-refractivity contribution is -0.109. The van der Waals surface area contributed by atoms with E-state index in [1.165, 1.54) is 28.1 Å². The average molecular weight is 561 g/mol. The van der Waals surface area contributed by atoms with Gasteiger partial charge in [-0.15, -0.1) is 0 Å². The van der Waals surface area contributed by atoms with Gasteiger partial charge in [-0.25, -0.2) is 5.43 Å². The molecule has 5 heteroatoms. The Kier molecular flexibility index (Phi) is 10.9. The fourth-order valence-electron chi connectivity index (χ4n) is 5.49. The van der Waals surface area contributed by atoms with E-state index in [1.807, 2.05) is 6.07 Å². The quantitative estimate of drug-likeness (QED) is 0.0801. The summed E-state index contributed by atoms with van der Waals surface area (Å²) in [5.74, 6) is 0.459. The van der Waals surface area contributed by atoms with Crippen LogP contribution in [0.15, 0.2) is 121 Å². The van der Waals surface area contributed by atoms with Crippen LogP contribution in [0.1, 0.15) is 67.2 Å². The number of likely N-dealkylation sites (tertiary alicyclic amines) is 1. The lowest BCUT2D eigenvalue weighted by atomic mass is 9.85. The van der Waals surface area contributed by atoms with Crippen LogP contribution in [0.5, 0.6) is 0 Å². The van der Waals surface area contributed by atoms with E-state index in [-0.39, 0.29) is 5.92 Å². The molecule has 2 N–H and O–H groups in total. The van der Waals surface area contributed by atoms with Gasteiger partial charge in [-0.1, -0.05) is 105 Å². The molecule has 0 aromatic heterocycles. The smallest absolute Gasteiger partial charge is 0.227 e. The van der Waals surface area contributed by atoms with Crippen molar-refractivity contribution in [2.45, 2.75) is 58.3 Å².